The number of Topliss-reactive ketones (excluding diaryl/α,β-unsaturated/α-hetero) is 1. The van der Waals surface area contributed by atoms with Gasteiger partial charge in [0.05, 0.1) is 0 Å². The minimum Gasteiger partial charge on any atom is -0.299 e. The molecule has 0 aromatic rings. The summed E-state index contributed by atoms with van der Waals surface area (Å²) in [7, 11) is 0. The predicted octanol–water partition coefficient (Wildman–Crippen LogP) is 1.22. The van der Waals surface area contributed by atoms with Gasteiger partial charge in [0.2, 0.25) is 0 Å². The topological polar surface area (TPSA) is 30.0 Å². The first kappa shape index (κ1) is 15.1. The molecule has 0 bridgehead atoms. The average molecular weight is 306 g/mol. The van der Waals surface area contributed by atoms with E-state index < -0.39 is 0 Å². The normalized spacial score (nSPS) is 35.8. The first-order valence-corrected chi connectivity index (χ1v) is 9.34. The minimum atomic E-state index is 0.295. The van der Waals surface area contributed by atoms with Crippen LogP contribution in [0, 0.1) is 11.8 Å². The van der Waals surface area contributed by atoms with E-state index in [1.165, 1.54) is 51.9 Å². The third-order valence-corrected chi connectivity index (χ3v) is 6.10. The van der Waals surface area contributed by atoms with Crippen molar-refractivity contribution >= 4 is 5.78 Å². The van der Waals surface area contributed by atoms with Crippen molar-refractivity contribution in [1.82, 2.24) is 20.0 Å². The summed E-state index contributed by atoms with van der Waals surface area (Å²) in [4.78, 5) is 12.9. The zero-order valence-electron chi connectivity index (χ0n) is 13.8. The fourth-order valence-corrected chi connectivity index (χ4v) is 4.76. The average Bonchev–Trinajstić information content (AvgIpc) is 3.35. The molecular formula is C17H30N4O. The van der Waals surface area contributed by atoms with Gasteiger partial charge < -0.3 is 0 Å². The maximum atomic E-state index is 12.9. The monoisotopic (exact) mass is 306 g/mol. The van der Waals surface area contributed by atoms with E-state index in [2.05, 4.69) is 20.0 Å². The van der Waals surface area contributed by atoms with Gasteiger partial charge >= 0.3 is 0 Å². The lowest BCUT2D eigenvalue weighted by atomic mass is 9.91. The Hall–Kier alpha value is -0.490. The van der Waals surface area contributed by atoms with Gasteiger partial charge in [-0.05, 0) is 38.5 Å². The van der Waals surface area contributed by atoms with Crippen molar-refractivity contribution in [2.75, 3.05) is 52.4 Å². The van der Waals surface area contributed by atoms with E-state index in [9.17, 15) is 4.79 Å². The van der Waals surface area contributed by atoms with Crippen molar-refractivity contribution in [2.24, 2.45) is 11.8 Å². The molecule has 0 amide bonds. The molecule has 0 radical (unpaired) electrons. The van der Waals surface area contributed by atoms with Crippen molar-refractivity contribution in [1.29, 1.82) is 0 Å². The molecule has 4 aliphatic rings. The van der Waals surface area contributed by atoms with Gasteiger partial charge in [0.25, 0.3) is 0 Å². The van der Waals surface area contributed by atoms with Crippen LogP contribution in [0.15, 0.2) is 0 Å². The molecule has 4 fully saturated rings. The number of carbonyl (C=O) groups excluding carboxylic acids is 1. The van der Waals surface area contributed by atoms with Crippen LogP contribution in [0.3, 0.4) is 0 Å². The van der Waals surface area contributed by atoms with Gasteiger partial charge in [-0.15, -0.1) is 0 Å². The molecule has 4 heterocycles. The summed E-state index contributed by atoms with van der Waals surface area (Å²) >= 11 is 0. The zero-order valence-corrected chi connectivity index (χ0v) is 13.8. The van der Waals surface area contributed by atoms with Gasteiger partial charge in [0, 0.05) is 64.2 Å². The summed E-state index contributed by atoms with van der Waals surface area (Å²) in [6.45, 7) is 8.97. The second kappa shape index (κ2) is 6.56. The van der Waals surface area contributed by atoms with Crippen molar-refractivity contribution < 1.29 is 4.79 Å². The van der Waals surface area contributed by atoms with Gasteiger partial charge in [-0.25, -0.2) is 20.0 Å². The maximum absolute atomic E-state index is 12.9. The Bertz CT molecular complexity index is 367. The minimum absolute atomic E-state index is 0.295. The Kier molecular flexibility index (Phi) is 4.49. The third-order valence-electron chi connectivity index (χ3n) is 6.10. The number of hydrazine groups is 2. The van der Waals surface area contributed by atoms with Crippen molar-refractivity contribution in [3.05, 3.63) is 0 Å². The Morgan fingerprint density at radius 1 is 0.591 bits per heavy atom. The highest BCUT2D eigenvalue weighted by Crippen LogP contribution is 2.29. The molecule has 0 aliphatic carbocycles. The standard InChI is InChI=1S/C17H30N4O/c22-17(15-5-11-20(13-15)18-7-1-2-8-18)16-6-12-21(14-16)19-9-3-4-10-19/h15-16H,1-14H2. The zero-order chi connectivity index (χ0) is 14.9. The molecule has 22 heavy (non-hydrogen) atoms. The first-order chi connectivity index (χ1) is 10.8. The van der Waals surface area contributed by atoms with Gasteiger partial charge in [0.15, 0.2) is 0 Å². The number of hydrogen-bond donors (Lipinski definition) is 0. The van der Waals surface area contributed by atoms with Gasteiger partial charge in [-0.1, -0.05) is 0 Å². The van der Waals surface area contributed by atoms with E-state index in [0.717, 1.165) is 39.0 Å². The van der Waals surface area contributed by atoms with Crippen molar-refractivity contribution in [2.45, 2.75) is 38.5 Å². The molecule has 0 N–H and O–H groups in total. The summed E-state index contributed by atoms with van der Waals surface area (Å²) in [6.07, 6.45) is 7.45. The molecule has 5 heteroatoms. The highest BCUT2D eigenvalue weighted by atomic mass is 16.1. The Balaban J connectivity index is 1.29. The predicted molar refractivity (Wildman–Crippen MR) is 86.0 cm³/mol. The summed E-state index contributed by atoms with van der Waals surface area (Å²) in [5.41, 5.74) is 0. The van der Waals surface area contributed by atoms with E-state index in [1.807, 2.05) is 0 Å². The van der Waals surface area contributed by atoms with Crippen LogP contribution in [-0.4, -0.2) is 78.2 Å². The summed E-state index contributed by atoms with van der Waals surface area (Å²) < 4.78 is 0. The molecule has 2 atom stereocenters. The molecule has 0 saturated carbocycles. The van der Waals surface area contributed by atoms with Gasteiger partial charge in [0.1, 0.15) is 5.78 Å². The third kappa shape index (κ3) is 2.96. The van der Waals surface area contributed by atoms with E-state index >= 15 is 0 Å². The van der Waals surface area contributed by atoms with Crippen molar-refractivity contribution in [3.63, 3.8) is 0 Å². The number of ketones is 1. The van der Waals surface area contributed by atoms with Crippen molar-refractivity contribution in [3.8, 4) is 0 Å². The first-order valence-electron chi connectivity index (χ1n) is 9.34. The lowest BCUT2D eigenvalue weighted by molar-refractivity contribution is -0.127. The Morgan fingerprint density at radius 3 is 1.41 bits per heavy atom. The Labute approximate surface area is 134 Å². The van der Waals surface area contributed by atoms with Gasteiger partial charge in [-0.2, -0.15) is 0 Å². The van der Waals surface area contributed by atoms with Crippen LogP contribution >= 0.6 is 0 Å². The largest absolute Gasteiger partial charge is 0.299 e. The van der Waals surface area contributed by atoms with Crippen LogP contribution in [0.2, 0.25) is 0 Å². The maximum Gasteiger partial charge on any atom is 0.141 e. The molecule has 4 saturated heterocycles. The highest BCUT2D eigenvalue weighted by Gasteiger charge is 2.39. The number of hydrogen-bond acceptors (Lipinski definition) is 5. The van der Waals surface area contributed by atoms with Crippen LogP contribution in [0.5, 0.6) is 0 Å². The SMILES string of the molecule is O=C(C1CCN(N2CCCC2)C1)C1CCN(N2CCCC2)C1. The van der Waals surface area contributed by atoms with Crippen LogP contribution in [0.1, 0.15) is 38.5 Å². The molecule has 0 spiro atoms. The van der Waals surface area contributed by atoms with E-state index in [1.54, 1.807) is 0 Å². The van der Waals surface area contributed by atoms with Gasteiger partial charge in [-0.3, -0.25) is 4.79 Å². The molecule has 5 nitrogen and oxygen atoms in total. The molecule has 0 aromatic heterocycles. The van der Waals surface area contributed by atoms with Crippen LogP contribution in [0.25, 0.3) is 0 Å². The summed E-state index contributed by atoms with van der Waals surface area (Å²) in [5, 5.41) is 9.89. The second-order valence-corrected chi connectivity index (χ2v) is 7.52. The lowest BCUT2D eigenvalue weighted by Crippen LogP contribution is -2.41. The smallest absolute Gasteiger partial charge is 0.141 e. The van der Waals surface area contributed by atoms with Crippen LogP contribution in [-0.2, 0) is 4.79 Å². The number of carbonyl (C=O) groups is 1. The fraction of sp³-hybridized carbons (Fsp3) is 0.941. The number of nitrogens with zero attached hydrogens (tertiary/aromatic N) is 4. The quantitative estimate of drug-likeness (QED) is 0.779. The van der Waals surface area contributed by atoms with E-state index in [-0.39, 0.29) is 0 Å². The summed E-state index contributed by atoms with van der Waals surface area (Å²) in [5.74, 6) is 1.15. The lowest BCUT2D eigenvalue weighted by Gasteiger charge is -2.28. The van der Waals surface area contributed by atoms with Crippen LogP contribution < -0.4 is 0 Å². The fourth-order valence-electron chi connectivity index (χ4n) is 4.76. The van der Waals surface area contributed by atoms with E-state index in [4.69, 9.17) is 0 Å². The molecular weight excluding hydrogens is 276 g/mol. The molecule has 4 aliphatic heterocycles. The Morgan fingerprint density at radius 2 is 1.00 bits per heavy atom. The summed E-state index contributed by atoms with van der Waals surface area (Å²) in [6, 6.07) is 0. The second-order valence-electron chi connectivity index (χ2n) is 7.52. The molecule has 0 aromatic carbocycles. The van der Waals surface area contributed by atoms with Crippen LogP contribution in [0.4, 0.5) is 0 Å². The van der Waals surface area contributed by atoms with E-state index in [0.29, 0.717) is 17.6 Å². The highest BCUT2D eigenvalue weighted by molar-refractivity contribution is 5.84. The molecule has 2 unspecified atom stereocenters. The molecule has 124 valence electrons. The number of rotatable bonds is 4. The molecule has 4 rings (SSSR count).